The van der Waals surface area contributed by atoms with Crippen LogP contribution in [0.2, 0.25) is 0 Å². The van der Waals surface area contributed by atoms with Crippen LogP contribution in [0.1, 0.15) is 21.1 Å². The van der Waals surface area contributed by atoms with Crippen molar-refractivity contribution in [3.05, 3.63) is 52.1 Å². The molecule has 3 aromatic rings. The summed E-state index contributed by atoms with van der Waals surface area (Å²) in [6.45, 7) is 2.42. The molecule has 0 radical (unpaired) electrons. The second-order valence-electron chi connectivity index (χ2n) is 4.31. The topological polar surface area (TPSA) is 57.8 Å². The first-order valence-corrected chi connectivity index (χ1v) is 6.87. The number of thiazole rings is 1. The van der Waals surface area contributed by atoms with Gasteiger partial charge in [0.2, 0.25) is 0 Å². The van der Waals surface area contributed by atoms with Gasteiger partial charge in [-0.15, -0.1) is 11.3 Å². The van der Waals surface area contributed by atoms with Gasteiger partial charge in [0.25, 0.3) is 5.91 Å². The van der Waals surface area contributed by atoms with Crippen LogP contribution in [0.25, 0.3) is 10.9 Å². The van der Waals surface area contributed by atoms with Crippen molar-refractivity contribution >= 4 is 28.1 Å². The average molecular weight is 271 g/mol. The lowest BCUT2D eigenvalue weighted by molar-refractivity contribution is 0.0952. The average Bonchev–Trinajstić information content (AvgIpc) is 3.03. The molecule has 0 unspecified atom stereocenters. The number of rotatable bonds is 3. The summed E-state index contributed by atoms with van der Waals surface area (Å²) >= 11 is 1.56. The van der Waals surface area contributed by atoms with Crippen molar-refractivity contribution < 1.29 is 4.79 Å². The first-order valence-electron chi connectivity index (χ1n) is 5.99. The molecule has 4 nitrogen and oxygen atoms in total. The van der Waals surface area contributed by atoms with E-state index in [-0.39, 0.29) is 5.91 Å². The van der Waals surface area contributed by atoms with E-state index in [2.05, 4.69) is 15.3 Å². The highest BCUT2D eigenvalue weighted by atomic mass is 32.1. The van der Waals surface area contributed by atoms with Crippen molar-refractivity contribution in [2.45, 2.75) is 13.5 Å². The highest BCUT2D eigenvalue weighted by Gasteiger charge is 2.10. The van der Waals surface area contributed by atoms with Gasteiger partial charge >= 0.3 is 0 Å². The molecule has 2 heterocycles. The molecule has 96 valence electrons. The number of hydrogen-bond acceptors (Lipinski definition) is 3. The zero-order valence-electron chi connectivity index (χ0n) is 10.4. The highest BCUT2D eigenvalue weighted by Crippen LogP contribution is 2.17. The lowest BCUT2D eigenvalue weighted by Gasteiger charge is -2.04. The van der Waals surface area contributed by atoms with Crippen LogP contribution in [-0.2, 0) is 6.54 Å². The van der Waals surface area contributed by atoms with E-state index in [4.69, 9.17) is 0 Å². The monoisotopic (exact) mass is 271 g/mol. The summed E-state index contributed by atoms with van der Waals surface area (Å²) in [6.07, 6.45) is 1.84. The Hall–Kier alpha value is -2.14. The number of aromatic amines is 1. The van der Waals surface area contributed by atoms with E-state index in [1.165, 1.54) is 0 Å². The van der Waals surface area contributed by atoms with Crippen molar-refractivity contribution in [2.75, 3.05) is 0 Å². The van der Waals surface area contributed by atoms with E-state index in [1.807, 2.05) is 42.8 Å². The Kier molecular flexibility index (Phi) is 3.05. The van der Waals surface area contributed by atoms with Crippen LogP contribution in [0.15, 0.2) is 35.8 Å². The van der Waals surface area contributed by atoms with Crippen LogP contribution in [-0.4, -0.2) is 15.9 Å². The lowest BCUT2D eigenvalue weighted by atomic mass is 10.1. The second kappa shape index (κ2) is 4.85. The molecule has 19 heavy (non-hydrogen) atoms. The molecular formula is C14H13N3OS. The lowest BCUT2D eigenvalue weighted by Crippen LogP contribution is -2.22. The largest absolute Gasteiger partial charge is 0.361 e. The summed E-state index contributed by atoms with van der Waals surface area (Å²) in [4.78, 5) is 19.6. The molecule has 0 aliphatic rings. The summed E-state index contributed by atoms with van der Waals surface area (Å²) in [6, 6.07) is 7.58. The number of H-pyrrole nitrogens is 1. The Balaban J connectivity index is 1.78. The molecule has 0 fully saturated rings. The first-order chi connectivity index (χ1) is 9.24. The second-order valence-corrected chi connectivity index (χ2v) is 5.25. The van der Waals surface area contributed by atoms with E-state index >= 15 is 0 Å². The maximum atomic E-state index is 12.2. The van der Waals surface area contributed by atoms with Gasteiger partial charge in [-0.1, -0.05) is 6.07 Å². The van der Waals surface area contributed by atoms with Gasteiger partial charge < -0.3 is 10.3 Å². The fourth-order valence-corrected chi connectivity index (χ4v) is 2.73. The molecule has 0 aliphatic carbocycles. The Morgan fingerprint density at radius 3 is 3.11 bits per heavy atom. The maximum Gasteiger partial charge on any atom is 0.252 e. The Morgan fingerprint density at radius 2 is 2.32 bits per heavy atom. The zero-order valence-corrected chi connectivity index (χ0v) is 11.3. The van der Waals surface area contributed by atoms with Crippen LogP contribution in [0.5, 0.6) is 0 Å². The Labute approximate surface area is 114 Å². The fraction of sp³-hybridized carbons (Fsp3) is 0.143. The Morgan fingerprint density at radius 1 is 1.42 bits per heavy atom. The fourth-order valence-electron chi connectivity index (χ4n) is 2.02. The van der Waals surface area contributed by atoms with Crippen LogP contribution >= 0.6 is 11.3 Å². The molecule has 2 N–H and O–H groups in total. The summed E-state index contributed by atoms with van der Waals surface area (Å²) in [5, 5.41) is 6.75. The molecule has 1 amide bonds. The van der Waals surface area contributed by atoms with Gasteiger partial charge in [0, 0.05) is 33.7 Å². The minimum absolute atomic E-state index is 0.0712. The number of hydrogen-bond donors (Lipinski definition) is 2. The minimum Gasteiger partial charge on any atom is -0.361 e. The molecule has 0 bridgehead atoms. The van der Waals surface area contributed by atoms with E-state index in [9.17, 15) is 4.79 Å². The van der Waals surface area contributed by atoms with Crippen molar-refractivity contribution in [2.24, 2.45) is 0 Å². The van der Waals surface area contributed by atoms with E-state index in [1.54, 1.807) is 11.3 Å². The van der Waals surface area contributed by atoms with Crippen LogP contribution < -0.4 is 5.32 Å². The van der Waals surface area contributed by atoms with Gasteiger partial charge in [0.1, 0.15) is 5.01 Å². The van der Waals surface area contributed by atoms with Gasteiger partial charge in [-0.3, -0.25) is 4.79 Å². The molecule has 3 rings (SSSR count). The number of carbonyl (C=O) groups excluding carboxylic acids is 1. The molecule has 0 saturated carbocycles. The molecule has 5 heteroatoms. The van der Waals surface area contributed by atoms with Gasteiger partial charge in [0.15, 0.2) is 0 Å². The molecule has 2 aromatic heterocycles. The van der Waals surface area contributed by atoms with E-state index in [0.717, 1.165) is 21.6 Å². The SMILES string of the molecule is Cc1csc(CNC(=O)c2cccc3[nH]ccc23)n1. The normalized spacial score (nSPS) is 10.8. The van der Waals surface area contributed by atoms with Gasteiger partial charge in [-0.2, -0.15) is 0 Å². The highest BCUT2D eigenvalue weighted by molar-refractivity contribution is 7.09. The van der Waals surface area contributed by atoms with Crippen LogP contribution in [0, 0.1) is 6.92 Å². The van der Waals surface area contributed by atoms with Crippen molar-refractivity contribution in [3.8, 4) is 0 Å². The third-order valence-electron chi connectivity index (χ3n) is 2.91. The van der Waals surface area contributed by atoms with Gasteiger partial charge in [-0.05, 0) is 25.1 Å². The summed E-state index contributed by atoms with van der Waals surface area (Å²) in [5.41, 5.74) is 2.65. The molecule has 0 aliphatic heterocycles. The number of nitrogens with zero attached hydrogens (tertiary/aromatic N) is 1. The predicted molar refractivity (Wildman–Crippen MR) is 76.3 cm³/mol. The number of carbonyl (C=O) groups is 1. The van der Waals surface area contributed by atoms with Crippen molar-refractivity contribution in [1.29, 1.82) is 0 Å². The minimum atomic E-state index is -0.0712. The predicted octanol–water partition coefficient (Wildman–Crippen LogP) is 2.86. The summed E-state index contributed by atoms with van der Waals surface area (Å²) in [5.74, 6) is -0.0712. The van der Waals surface area contributed by atoms with Crippen molar-refractivity contribution in [3.63, 3.8) is 0 Å². The maximum absolute atomic E-state index is 12.2. The third kappa shape index (κ3) is 2.37. The molecule has 0 spiro atoms. The molecule has 0 saturated heterocycles. The molecule has 1 aromatic carbocycles. The van der Waals surface area contributed by atoms with E-state index < -0.39 is 0 Å². The Bertz CT molecular complexity index is 729. The molecule has 0 atom stereocenters. The number of amides is 1. The first kappa shape index (κ1) is 11.9. The van der Waals surface area contributed by atoms with E-state index in [0.29, 0.717) is 12.1 Å². The number of fused-ring (bicyclic) bond motifs is 1. The van der Waals surface area contributed by atoms with Gasteiger partial charge in [-0.25, -0.2) is 4.98 Å². The quantitative estimate of drug-likeness (QED) is 0.769. The van der Waals surface area contributed by atoms with Gasteiger partial charge in [0.05, 0.1) is 6.54 Å². The van der Waals surface area contributed by atoms with Crippen LogP contribution in [0.3, 0.4) is 0 Å². The summed E-state index contributed by atoms with van der Waals surface area (Å²) < 4.78 is 0. The third-order valence-corrected chi connectivity index (χ3v) is 3.87. The number of benzene rings is 1. The standard InChI is InChI=1S/C14H13N3OS/c1-9-8-19-13(17-9)7-16-14(18)11-3-2-4-12-10(11)5-6-15-12/h2-6,8,15H,7H2,1H3,(H,16,18). The zero-order chi connectivity index (χ0) is 13.2. The molecular weight excluding hydrogens is 258 g/mol. The summed E-state index contributed by atoms with van der Waals surface area (Å²) in [7, 11) is 0. The number of aryl methyl sites for hydroxylation is 1. The van der Waals surface area contributed by atoms with Crippen LogP contribution in [0.4, 0.5) is 0 Å². The smallest absolute Gasteiger partial charge is 0.252 e. The number of nitrogens with one attached hydrogen (secondary N) is 2. The number of aromatic nitrogens is 2. The van der Waals surface area contributed by atoms with Crippen molar-refractivity contribution in [1.82, 2.24) is 15.3 Å².